The summed E-state index contributed by atoms with van der Waals surface area (Å²) in [5.41, 5.74) is 1.39. The Morgan fingerprint density at radius 1 is 1.04 bits per heavy atom. The van der Waals surface area contributed by atoms with Crippen molar-refractivity contribution >= 4 is 28.3 Å². The molecular formula is C22H33N3O2S. The van der Waals surface area contributed by atoms with Crippen molar-refractivity contribution in [1.82, 2.24) is 10.3 Å². The fraction of sp³-hybridized carbons (Fsp3) is 0.773. The van der Waals surface area contributed by atoms with E-state index in [0.717, 1.165) is 36.3 Å². The van der Waals surface area contributed by atoms with Crippen LogP contribution in [-0.2, 0) is 15.0 Å². The minimum atomic E-state index is -0.597. The minimum Gasteiger partial charge on any atom is -0.348 e. The molecule has 0 radical (unpaired) electrons. The number of carbonyl (C=O) groups is 2. The molecule has 0 aromatic carbocycles. The second-order valence-electron chi connectivity index (χ2n) is 9.36. The van der Waals surface area contributed by atoms with Gasteiger partial charge in [0, 0.05) is 17.3 Å². The number of nitrogens with zero attached hydrogens (tertiary/aromatic N) is 1. The third-order valence-electron chi connectivity index (χ3n) is 7.08. The Morgan fingerprint density at radius 2 is 1.68 bits per heavy atom. The van der Waals surface area contributed by atoms with E-state index in [9.17, 15) is 9.59 Å². The van der Waals surface area contributed by atoms with Gasteiger partial charge in [-0.15, -0.1) is 11.3 Å². The maximum Gasteiger partial charge on any atom is 0.315 e. The molecule has 5 rings (SSSR count). The number of aromatic nitrogens is 1. The van der Waals surface area contributed by atoms with Crippen LogP contribution >= 0.6 is 11.3 Å². The molecule has 0 spiro atoms. The van der Waals surface area contributed by atoms with Crippen molar-refractivity contribution in [2.24, 2.45) is 17.8 Å². The van der Waals surface area contributed by atoms with Crippen molar-refractivity contribution in [2.45, 2.75) is 83.0 Å². The molecule has 1 heterocycles. The Bertz CT molecular complexity index is 679. The third kappa shape index (κ3) is 4.27. The van der Waals surface area contributed by atoms with Gasteiger partial charge in [0.1, 0.15) is 0 Å². The molecule has 1 aromatic heterocycles. The van der Waals surface area contributed by atoms with Gasteiger partial charge in [0.05, 0.1) is 5.69 Å². The molecular weight excluding hydrogens is 370 g/mol. The molecule has 0 unspecified atom stereocenters. The fourth-order valence-electron chi connectivity index (χ4n) is 6.16. The number of carbonyl (C=O) groups excluding carboxylic acids is 2. The van der Waals surface area contributed by atoms with Gasteiger partial charge >= 0.3 is 11.8 Å². The summed E-state index contributed by atoms with van der Waals surface area (Å²) >= 11 is 1.46. The van der Waals surface area contributed by atoms with E-state index in [0.29, 0.717) is 11.7 Å². The summed E-state index contributed by atoms with van der Waals surface area (Å²) in [7, 11) is 0. The molecule has 28 heavy (non-hydrogen) atoms. The third-order valence-corrected chi connectivity index (χ3v) is 7.84. The number of unbranched alkanes of at least 4 members (excludes halogenated alkanes) is 4. The van der Waals surface area contributed by atoms with Crippen molar-refractivity contribution in [3.05, 3.63) is 11.1 Å². The molecule has 0 aliphatic heterocycles. The normalized spacial score (nSPS) is 30.4. The lowest BCUT2D eigenvalue weighted by Crippen LogP contribution is -2.48. The molecule has 154 valence electrons. The van der Waals surface area contributed by atoms with Gasteiger partial charge < -0.3 is 5.32 Å². The molecule has 2 amide bonds. The molecule has 4 saturated carbocycles. The SMILES string of the molecule is CCCCCCCNC(=O)C(=O)Nc1nc(C23CC4CC(CC(C4)C2)C3)cs1. The Labute approximate surface area is 172 Å². The van der Waals surface area contributed by atoms with Gasteiger partial charge in [-0.1, -0.05) is 32.6 Å². The molecule has 2 N–H and O–H groups in total. The van der Waals surface area contributed by atoms with Crippen LogP contribution in [0.3, 0.4) is 0 Å². The van der Waals surface area contributed by atoms with E-state index in [1.54, 1.807) is 0 Å². The van der Waals surface area contributed by atoms with E-state index in [2.05, 4.69) is 22.9 Å². The van der Waals surface area contributed by atoms with Crippen molar-refractivity contribution in [2.75, 3.05) is 11.9 Å². The van der Waals surface area contributed by atoms with Crippen LogP contribution in [-0.4, -0.2) is 23.3 Å². The summed E-state index contributed by atoms with van der Waals surface area (Å²) in [4.78, 5) is 29.0. The molecule has 4 bridgehead atoms. The van der Waals surface area contributed by atoms with E-state index in [-0.39, 0.29) is 5.41 Å². The van der Waals surface area contributed by atoms with Crippen LogP contribution in [0.25, 0.3) is 0 Å². The second-order valence-corrected chi connectivity index (χ2v) is 10.2. The Kier molecular flexibility index (Phi) is 6.04. The molecule has 1 aromatic rings. The van der Waals surface area contributed by atoms with Crippen LogP contribution in [0.15, 0.2) is 5.38 Å². The highest BCUT2D eigenvalue weighted by Crippen LogP contribution is 2.60. The van der Waals surface area contributed by atoms with Gasteiger partial charge in [0.25, 0.3) is 0 Å². The van der Waals surface area contributed by atoms with E-state index >= 15 is 0 Å². The lowest BCUT2D eigenvalue weighted by atomic mass is 9.49. The largest absolute Gasteiger partial charge is 0.348 e. The van der Waals surface area contributed by atoms with Crippen molar-refractivity contribution in [3.63, 3.8) is 0 Å². The molecule has 6 heteroatoms. The van der Waals surface area contributed by atoms with Gasteiger partial charge in [-0.3, -0.25) is 14.9 Å². The fourth-order valence-corrected chi connectivity index (χ4v) is 6.99. The molecule has 4 aliphatic carbocycles. The number of hydrogen-bond donors (Lipinski definition) is 2. The quantitative estimate of drug-likeness (QED) is 0.491. The number of thiazole rings is 1. The second kappa shape index (κ2) is 8.52. The van der Waals surface area contributed by atoms with Crippen molar-refractivity contribution < 1.29 is 9.59 Å². The van der Waals surface area contributed by atoms with Gasteiger partial charge in [0.15, 0.2) is 5.13 Å². The van der Waals surface area contributed by atoms with Crippen LogP contribution in [0.1, 0.15) is 83.2 Å². The van der Waals surface area contributed by atoms with Gasteiger partial charge in [0.2, 0.25) is 0 Å². The lowest BCUT2D eigenvalue weighted by Gasteiger charge is -2.56. The van der Waals surface area contributed by atoms with Crippen LogP contribution in [0.4, 0.5) is 5.13 Å². The maximum absolute atomic E-state index is 12.2. The first-order valence-corrected chi connectivity index (χ1v) is 12.0. The Hall–Kier alpha value is -1.43. The van der Waals surface area contributed by atoms with Crippen molar-refractivity contribution in [1.29, 1.82) is 0 Å². The number of hydrogen-bond acceptors (Lipinski definition) is 4. The van der Waals surface area contributed by atoms with Crippen molar-refractivity contribution in [3.8, 4) is 0 Å². The van der Waals surface area contributed by atoms with Crippen LogP contribution in [0, 0.1) is 17.8 Å². The van der Waals surface area contributed by atoms with E-state index in [1.807, 2.05) is 0 Å². The average molecular weight is 404 g/mol. The maximum atomic E-state index is 12.2. The summed E-state index contributed by atoms with van der Waals surface area (Å²) in [5.74, 6) is 1.46. The molecule has 0 atom stereocenters. The van der Waals surface area contributed by atoms with Crippen LogP contribution in [0.2, 0.25) is 0 Å². The van der Waals surface area contributed by atoms with Crippen LogP contribution in [0.5, 0.6) is 0 Å². The lowest BCUT2D eigenvalue weighted by molar-refractivity contribution is -0.136. The minimum absolute atomic E-state index is 0.231. The molecule has 4 aliphatic rings. The van der Waals surface area contributed by atoms with Gasteiger partial charge in [-0.05, 0) is 62.7 Å². The number of nitrogens with one attached hydrogen (secondary N) is 2. The molecule has 0 saturated heterocycles. The smallest absolute Gasteiger partial charge is 0.315 e. The summed E-state index contributed by atoms with van der Waals surface area (Å²) in [6.07, 6.45) is 13.6. The zero-order valence-corrected chi connectivity index (χ0v) is 17.8. The summed E-state index contributed by atoms with van der Waals surface area (Å²) < 4.78 is 0. The van der Waals surface area contributed by atoms with Gasteiger partial charge in [-0.25, -0.2) is 4.98 Å². The first kappa shape index (κ1) is 19.9. The molecule has 5 nitrogen and oxygen atoms in total. The summed E-state index contributed by atoms with van der Waals surface area (Å²) in [5, 5.41) is 8.12. The first-order valence-electron chi connectivity index (χ1n) is 11.1. The van der Waals surface area contributed by atoms with Gasteiger partial charge in [-0.2, -0.15) is 0 Å². The number of amides is 2. The topological polar surface area (TPSA) is 71.1 Å². The highest BCUT2D eigenvalue weighted by molar-refractivity contribution is 7.14. The zero-order chi connectivity index (χ0) is 19.6. The van der Waals surface area contributed by atoms with Crippen LogP contribution < -0.4 is 10.6 Å². The zero-order valence-electron chi connectivity index (χ0n) is 17.0. The van der Waals surface area contributed by atoms with E-state index < -0.39 is 11.8 Å². The average Bonchev–Trinajstić information content (AvgIpc) is 3.12. The monoisotopic (exact) mass is 403 g/mol. The van der Waals surface area contributed by atoms with E-state index in [4.69, 9.17) is 4.98 Å². The Morgan fingerprint density at radius 3 is 2.32 bits per heavy atom. The predicted octanol–water partition coefficient (Wildman–Crippen LogP) is 4.64. The van der Waals surface area contributed by atoms with E-state index in [1.165, 1.54) is 69.1 Å². The number of anilines is 1. The first-order chi connectivity index (χ1) is 13.6. The standard InChI is InChI=1S/C22H33N3O2S/c1-2-3-4-5-6-7-23-19(26)20(27)25-21-24-18(14-28-21)22-11-15-8-16(12-22)10-17(9-15)13-22/h14-17H,2-13H2,1H3,(H,23,26)(H,24,25,27). The highest BCUT2D eigenvalue weighted by atomic mass is 32.1. The Balaban J connectivity index is 1.28. The molecule has 4 fully saturated rings. The summed E-state index contributed by atoms with van der Waals surface area (Å²) in [6, 6.07) is 0. The predicted molar refractivity (Wildman–Crippen MR) is 112 cm³/mol. The highest BCUT2D eigenvalue weighted by Gasteiger charge is 2.52. The summed E-state index contributed by atoms with van der Waals surface area (Å²) in [6.45, 7) is 2.74. The number of rotatable bonds is 8.